The maximum Gasteiger partial charge on any atom is 0.472 e. The fourth-order valence-electron chi connectivity index (χ4n) is 14.3. The number of carbonyl (C=O) groups is 4. The normalized spacial score (nSPS) is 14.0. The van der Waals surface area contributed by atoms with Gasteiger partial charge in [-0.15, -0.1) is 0 Å². The molecule has 3 unspecified atom stereocenters. The zero-order chi connectivity index (χ0) is 80.6. The summed E-state index contributed by atoms with van der Waals surface area (Å²) in [6.07, 6.45) is 76.3. The molecule has 19 heteroatoms. The van der Waals surface area contributed by atoms with Crippen molar-refractivity contribution >= 4 is 39.5 Å². The molecule has 0 radical (unpaired) electrons. The summed E-state index contributed by atoms with van der Waals surface area (Å²) in [4.78, 5) is 73.4. The van der Waals surface area contributed by atoms with E-state index >= 15 is 0 Å². The molecule has 0 heterocycles. The van der Waals surface area contributed by atoms with E-state index in [-0.39, 0.29) is 25.7 Å². The zero-order valence-electron chi connectivity index (χ0n) is 72.6. The van der Waals surface area contributed by atoms with Crippen LogP contribution in [0.3, 0.4) is 0 Å². The van der Waals surface area contributed by atoms with E-state index in [0.717, 1.165) is 102 Å². The molecule has 0 aromatic carbocycles. The van der Waals surface area contributed by atoms with Crippen molar-refractivity contribution in [2.24, 2.45) is 11.8 Å². The van der Waals surface area contributed by atoms with Gasteiger partial charge in [0.2, 0.25) is 0 Å². The molecule has 6 atom stereocenters. The van der Waals surface area contributed by atoms with Crippen molar-refractivity contribution in [3.63, 3.8) is 0 Å². The molecule has 0 rings (SSSR count). The highest BCUT2D eigenvalue weighted by molar-refractivity contribution is 7.47. The summed E-state index contributed by atoms with van der Waals surface area (Å²) in [6.45, 7) is 9.80. The third-order valence-electron chi connectivity index (χ3n) is 21.8. The molecule has 0 aliphatic heterocycles. The molecule has 0 aliphatic rings. The smallest absolute Gasteiger partial charge is 0.462 e. The summed E-state index contributed by atoms with van der Waals surface area (Å²) in [7, 11) is -9.94. The van der Waals surface area contributed by atoms with Crippen LogP contribution in [0.1, 0.15) is 491 Å². The van der Waals surface area contributed by atoms with Gasteiger partial charge in [0.15, 0.2) is 12.2 Å². The van der Waals surface area contributed by atoms with Crippen LogP contribution in [-0.4, -0.2) is 96.7 Å². The highest BCUT2D eigenvalue weighted by Crippen LogP contribution is 2.45. The minimum absolute atomic E-state index is 0.109. The number of aliphatic hydroxyl groups excluding tert-OH is 1. The van der Waals surface area contributed by atoms with Crippen molar-refractivity contribution in [2.45, 2.75) is 509 Å². The molecule has 654 valence electrons. The summed E-state index contributed by atoms with van der Waals surface area (Å²) >= 11 is 0. The number of hydrogen-bond acceptors (Lipinski definition) is 15. The van der Waals surface area contributed by atoms with Crippen LogP contribution in [0.2, 0.25) is 0 Å². The van der Waals surface area contributed by atoms with Crippen LogP contribution < -0.4 is 0 Å². The molecule has 0 spiro atoms. The molecule has 110 heavy (non-hydrogen) atoms. The van der Waals surface area contributed by atoms with Gasteiger partial charge >= 0.3 is 39.5 Å². The van der Waals surface area contributed by atoms with E-state index in [0.29, 0.717) is 25.7 Å². The van der Waals surface area contributed by atoms with Gasteiger partial charge in [-0.3, -0.25) is 37.3 Å². The van der Waals surface area contributed by atoms with E-state index < -0.39 is 97.5 Å². The average Bonchev–Trinajstić information content (AvgIpc) is 0.896. The third-order valence-corrected chi connectivity index (χ3v) is 23.7. The molecule has 0 bridgehead atoms. The lowest BCUT2D eigenvalue weighted by Crippen LogP contribution is -2.30. The van der Waals surface area contributed by atoms with Gasteiger partial charge in [-0.05, 0) is 37.5 Å². The minimum atomic E-state index is -4.97. The van der Waals surface area contributed by atoms with Crippen LogP contribution in [0.5, 0.6) is 0 Å². The molecule has 3 N–H and O–H groups in total. The van der Waals surface area contributed by atoms with E-state index in [4.69, 9.17) is 37.0 Å². The van der Waals surface area contributed by atoms with Crippen molar-refractivity contribution in [3.8, 4) is 0 Å². The van der Waals surface area contributed by atoms with Gasteiger partial charge in [0, 0.05) is 25.7 Å². The monoisotopic (exact) mass is 1610 g/mol. The fourth-order valence-corrected chi connectivity index (χ4v) is 15.9. The van der Waals surface area contributed by atoms with Crippen LogP contribution in [-0.2, 0) is 65.4 Å². The highest BCUT2D eigenvalue weighted by Gasteiger charge is 2.31. The number of unbranched alkanes of at least 4 members (excludes halogenated alkanes) is 59. The van der Waals surface area contributed by atoms with Gasteiger partial charge in [-0.2, -0.15) is 0 Å². The predicted molar refractivity (Wildman–Crippen MR) is 455 cm³/mol. The van der Waals surface area contributed by atoms with E-state index in [1.807, 2.05) is 0 Å². The van der Waals surface area contributed by atoms with Gasteiger partial charge in [0.25, 0.3) is 0 Å². The molecule has 0 fully saturated rings. The number of carbonyl (C=O) groups excluding carboxylic acids is 4. The standard InChI is InChI=1S/C91H178O17P2/c1-7-10-12-14-16-18-20-22-23-24-28-33-39-45-51-57-63-69-75-90(95)107-86(79-101-88(93)73-67-61-55-49-43-21-19-17-15-13-11-8-2)81-105-109(97,98)103-77-85(92)78-104-110(99,100)106-82-87(80-102-89(94)74-68-62-56-50-44-38-35-30-31-36-41-47-53-59-65-71-83(4)5)108-91(96)76-70-64-58-52-46-40-34-29-26-25-27-32-37-42-48-54-60-66-72-84(6)9-3/h83-87,92H,7-82H2,1-6H3,(H,97,98)(H,99,100)/t84?,85-,86+,87+/m0/s1. The van der Waals surface area contributed by atoms with E-state index in [1.165, 1.54) is 308 Å². The summed E-state index contributed by atoms with van der Waals surface area (Å²) in [5.74, 6) is -0.416. The molecule has 0 aliphatic carbocycles. The quantitative estimate of drug-likeness (QED) is 0.0222. The van der Waals surface area contributed by atoms with Crippen molar-refractivity contribution in [1.82, 2.24) is 0 Å². The van der Waals surface area contributed by atoms with Crippen molar-refractivity contribution in [3.05, 3.63) is 0 Å². The summed E-state index contributed by atoms with van der Waals surface area (Å²) in [5.41, 5.74) is 0. The maximum absolute atomic E-state index is 13.2. The summed E-state index contributed by atoms with van der Waals surface area (Å²) < 4.78 is 69.1. The first-order chi connectivity index (χ1) is 53.4. The average molecular weight is 1610 g/mol. The summed E-state index contributed by atoms with van der Waals surface area (Å²) in [6, 6.07) is 0. The molecule has 0 saturated carbocycles. The van der Waals surface area contributed by atoms with Gasteiger partial charge in [-0.1, -0.05) is 440 Å². The number of phosphoric acid groups is 2. The molecule has 0 saturated heterocycles. The number of rotatable bonds is 90. The lowest BCUT2D eigenvalue weighted by molar-refractivity contribution is -0.161. The topological polar surface area (TPSA) is 237 Å². The highest BCUT2D eigenvalue weighted by atomic mass is 31.2. The second-order valence-electron chi connectivity index (χ2n) is 33.4. The Morgan fingerprint density at radius 1 is 0.264 bits per heavy atom. The number of hydrogen-bond donors (Lipinski definition) is 3. The largest absolute Gasteiger partial charge is 0.472 e. The molecular formula is C91H178O17P2. The zero-order valence-corrected chi connectivity index (χ0v) is 74.4. The molecule has 0 aromatic rings. The van der Waals surface area contributed by atoms with Gasteiger partial charge < -0.3 is 33.8 Å². The number of esters is 4. The van der Waals surface area contributed by atoms with Crippen molar-refractivity contribution in [2.75, 3.05) is 39.6 Å². The Bertz CT molecular complexity index is 2100. The second kappa shape index (κ2) is 82.2. The molecule has 17 nitrogen and oxygen atoms in total. The maximum atomic E-state index is 13.2. The molecule has 0 aromatic heterocycles. The van der Waals surface area contributed by atoms with Crippen LogP contribution in [0, 0.1) is 11.8 Å². The van der Waals surface area contributed by atoms with Crippen LogP contribution in [0.25, 0.3) is 0 Å². The first-order valence-electron chi connectivity index (χ1n) is 47.0. The van der Waals surface area contributed by atoms with Crippen LogP contribution >= 0.6 is 15.6 Å². The Labute approximate surface area is 677 Å². The van der Waals surface area contributed by atoms with E-state index in [9.17, 15) is 43.2 Å². The Balaban J connectivity index is 5.25. The molecule has 0 amide bonds. The second-order valence-corrected chi connectivity index (χ2v) is 36.3. The lowest BCUT2D eigenvalue weighted by Gasteiger charge is -2.21. The lowest BCUT2D eigenvalue weighted by atomic mass is 9.99. The van der Waals surface area contributed by atoms with Gasteiger partial charge in [-0.25, -0.2) is 9.13 Å². The number of phosphoric ester groups is 2. The Morgan fingerprint density at radius 2 is 0.464 bits per heavy atom. The van der Waals surface area contributed by atoms with Crippen molar-refractivity contribution < 1.29 is 80.2 Å². The fraction of sp³-hybridized carbons (Fsp3) is 0.956. The number of aliphatic hydroxyl groups is 1. The number of ether oxygens (including phenoxy) is 4. The van der Waals surface area contributed by atoms with Gasteiger partial charge in [0.05, 0.1) is 26.4 Å². The van der Waals surface area contributed by atoms with Crippen LogP contribution in [0.15, 0.2) is 0 Å². The van der Waals surface area contributed by atoms with Crippen molar-refractivity contribution in [1.29, 1.82) is 0 Å². The predicted octanol–water partition coefficient (Wildman–Crippen LogP) is 28.2. The first kappa shape index (κ1) is 108. The summed E-state index contributed by atoms with van der Waals surface area (Å²) in [5, 5.41) is 10.7. The third kappa shape index (κ3) is 82.6. The first-order valence-corrected chi connectivity index (χ1v) is 50.0. The Kier molecular flexibility index (Phi) is 80.7. The Hall–Kier alpha value is -1.94. The van der Waals surface area contributed by atoms with E-state index in [1.54, 1.807) is 0 Å². The van der Waals surface area contributed by atoms with Gasteiger partial charge in [0.1, 0.15) is 19.3 Å². The van der Waals surface area contributed by atoms with Crippen LogP contribution in [0.4, 0.5) is 0 Å². The SMILES string of the molecule is CCCCCCCCCCCCCCCCCCCCC(=O)O[C@H](COC(=O)CCCCCCCCCCCCCC)COP(=O)(O)OC[C@H](O)COP(=O)(O)OC[C@@H](COC(=O)CCCCCCCCCCCCCCCCCC(C)C)OC(=O)CCCCCCCCCCCCCCCCCCCCC(C)CC. The van der Waals surface area contributed by atoms with E-state index in [2.05, 4.69) is 41.5 Å². The Morgan fingerprint density at radius 3 is 0.691 bits per heavy atom. The molecular weight excluding hydrogens is 1430 g/mol. The minimum Gasteiger partial charge on any atom is -0.462 e.